The lowest BCUT2D eigenvalue weighted by Crippen LogP contribution is -2.43. The average molecular weight is 261 g/mol. The molecule has 98 valence electrons. The van der Waals surface area contributed by atoms with E-state index in [0.717, 1.165) is 37.6 Å². The zero-order valence-electron chi connectivity index (χ0n) is 9.98. The predicted octanol–water partition coefficient (Wildman–Crippen LogP) is 0.878. The van der Waals surface area contributed by atoms with E-state index >= 15 is 0 Å². The van der Waals surface area contributed by atoms with E-state index in [4.69, 9.17) is 9.84 Å². The minimum Gasteiger partial charge on any atom is -0.481 e. The summed E-state index contributed by atoms with van der Waals surface area (Å²) in [6.07, 6.45) is 2.99. The lowest BCUT2D eigenvalue weighted by molar-refractivity contribution is -0.133. The van der Waals surface area contributed by atoms with Crippen LogP contribution in [0.15, 0.2) is 0 Å². The number of amides is 1. The summed E-state index contributed by atoms with van der Waals surface area (Å²) < 4.78 is 5.53. The number of thioether (sulfide) groups is 1. The maximum atomic E-state index is 11.6. The first-order valence-electron chi connectivity index (χ1n) is 5.84. The molecule has 2 N–H and O–H groups in total. The molecule has 0 aromatic carbocycles. The van der Waals surface area contributed by atoms with Crippen LogP contribution in [0.3, 0.4) is 0 Å². The molecule has 0 bridgehead atoms. The molecule has 5 nitrogen and oxygen atoms in total. The molecule has 0 spiro atoms. The van der Waals surface area contributed by atoms with Gasteiger partial charge in [-0.05, 0) is 19.3 Å². The first kappa shape index (κ1) is 14.3. The summed E-state index contributed by atoms with van der Waals surface area (Å²) in [6, 6.07) is 0.0513. The number of carbonyl (C=O) groups excluding carboxylic acids is 1. The van der Waals surface area contributed by atoms with E-state index in [1.54, 1.807) is 0 Å². The Hall–Kier alpha value is -0.750. The van der Waals surface area contributed by atoms with Gasteiger partial charge in [0.15, 0.2) is 0 Å². The Balaban J connectivity index is 2.24. The minimum absolute atomic E-state index is 0.0376. The number of ether oxygens (including phenoxy) is 1. The van der Waals surface area contributed by atoms with Gasteiger partial charge in [0.2, 0.25) is 5.91 Å². The number of aliphatic carboxylic acids is 1. The van der Waals surface area contributed by atoms with Crippen molar-refractivity contribution >= 4 is 23.6 Å². The third-order valence-electron chi connectivity index (χ3n) is 2.66. The molecule has 0 aromatic heterocycles. The van der Waals surface area contributed by atoms with Gasteiger partial charge in [-0.15, -0.1) is 11.8 Å². The molecular formula is C11H19NO4S. The lowest BCUT2D eigenvalue weighted by Gasteiger charge is -2.22. The highest BCUT2D eigenvalue weighted by molar-refractivity contribution is 8.00. The molecule has 0 saturated carbocycles. The number of carboxylic acid groups (broad SMARTS) is 1. The van der Waals surface area contributed by atoms with Gasteiger partial charge in [-0.1, -0.05) is 6.92 Å². The van der Waals surface area contributed by atoms with Gasteiger partial charge in [-0.3, -0.25) is 9.59 Å². The Morgan fingerprint density at radius 2 is 2.29 bits per heavy atom. The van der Waals surface area contributed by atoms with Crippen LogP contribution in [0.25, 0.3) is 0 Å². The van der Waals surface area contributed by atoms with E-state index in [-0.39, 0.29) is 29.6 Å². The van der Waals surface area contributed by atoms with E-state index in [1.807, 2.05) is 6.92 Å². The number of nitrogens with one attached hydrogen (secondary N) is 1. The normalized spacial score (nSPS) is 21.1. The van der Waals surface area contributed by atoms with Crippen molar-refractivity contribution in [3.05, 3.63) is 0 Å². The second kappa shape index (κ2) is 7.55. The van der Waals surface area contributed by atoms with E-state index in [2.05, 4.69) is 5.32 Å². The van der Waals surface area contributed by atoms with Gasteiger partial charge in [-0.2, -0.15) is 0 Å². The monoisotopic (exact) mass is 261 g/mol. The van der Waals surface area contributed by atoms with Crippen molar-refractivity contribution in [1.29, 1.82) is 0 Å². The molecule has 0 aliphatic carbocycles. The number of carbonyl (C=O) groups is 2. The molecule has 6 heteroatoms. The Morgan fingerprint density at radius 3 is 2.82 bits per heavy atom. The summed E-state index contributed by atoms with van der Waals surface area (Å²) in [5, 5.41) is 11.4. The van der Waals surface area contributed by atoms with Crippen LogP contribution in [0, 0.1) is 0 Å². The van der Waals surface area contributed by atoms with Crippen LogP contribution < -0.4 is 5.32 Å². The van der Waals surface area contributed by atoms with Crippen molar-refractivity contribution in [3.8, 4) is 0 Å². The third kappa shape index (κ3) is 5.41. The second-order valence-corrected chi connectivity index (χ2v) is 5.01. The quantitative estimate of drug-likeness (QED) is 0.711. The van der Waals surface area contributed by atoms with Crippen LogP contribution in [0.1, 0.15) is 26.2 Å². The maximum absolute atomic E-state index is 11.6. The van der Waals surface area contributed by atoms with Crippen molar-refractivity contribution in [2.45, 2.75) is 38.3 Å². The SMILES string of the molecule is CCC(NC(=O)CSCC(=O)O)C1CCCO1. The fourth-order valence-corrected chi connectivity index (χ4v) is 2.40. The highest BCUT2D eigenvalue weighted by atomic mass is 32.2. The molecule has 1 amide bonds. The largest absolute Gasteiger partial charge is 0.481 e. The molecule has 1 aliphatic heterocycles. The number of rotatable bonds is 7. The fraction of sp³-hybridized carbons (Fsp3) is 0.818. The second-order valence-electron chi connectivity index (χ2n) is 4.02. The Morgan fingerprint density at radius 1 is 1.53 bits per heavy atom. The topological polar surface area (TPSA) is 75.6 Å². The van der Waals surface area contributed by atoms with Crippen molar-refractivity contribution in [1.82, 2.24) is 5.32 Å². The summed E-state index contributed by atoms with van der Waals surface area (Å²) >= 11 is 1.11. The zero-order chi connectivity index (χ0) is 12.7. The molecule has 2 unspecified atom stereocenters. The van der Waals surface area contributed by atoms with Gasteiger partial charge in [0, 0.05) is 6.61 Å². The first-order chi connectivity index (χ1) is 8.13. The minimum atomic E-state index is -0.894. The molecule has 17 heavy (non-hydrogen) atoms. The molecule has 1 fully saturated rings. The lowest BCUT2D eigenvalue weighted by atomic mass is 10.1. The Bertz CT molecular complexity index is 266. The van der Waals surface area contributed by atoms with Crippen LogP contribution >= 0.6 is 11.8 Å². The van der Waals surface area contributed by atoms with Gasteiger partial charge < -0.3 is 15.2 Å². The third-order valence-corrected chi connectivity index (χ3v) is 3.58. The molecule has 0 radical (unpaired) electrons. The smallest absolute Gasteiger partial charge is 0.313 e. The highest BCUT2D eigenvalue weighted by Crippen LogP contribution is 2.17. The Kier molecular flexibility index (Phi) is 6.36. The summed E-state index contributed by atoms with van der Waals surface area (Å²) in [4.78, 5) is 21.9. The van der Waals surface area contributed by atoms with Crippen molar-refractivity contribution in [2.75, 3.05) is 18.1 Å². The Labute approximate surface area is 105 Å². The van der Waals surface area contributed by atoms with Crippen LogP contribution in [-0.2, 0) is 14.3 Å². The van der Waals surface area contributed by atoms with Gasteiger partial charge in [0.05, 0.1) is 23.7 Å². The maximum Gasteiger partial charge on any atom is 0.313 e. The van der Waals surface area contributed by atoms with E-state index in [1.165, 1.54) is 0 Å². The fourth-order valence-electron chi connectivity index (χ4n) is 1.86. The molecule has 2 atom stereocenters. The van der Waals surface area contributed by atoms with E-state index in [9.17, 15) is 9.59 Å². The van der Waals surface area contributed by atoms with E-state index in [0.29, 0.717) is 0 Å². The first-order valence-corrected chi connectivity index (χ1v) is 6.99. The van der Waals surface area contributed by atoms with Crippen molar-refractivity contribution in [3.63, 3.8) is 0 Å². The van der Waals surface area contributed by atoms with Gasteiger partial charge in [0.25, 0.3) is 0 Å². The predicted molar refractivity (Wildman–Crippen MR) is 66.2 cm³/mol. The number of hydrogen-bond acceptors (Lipinski definition) is 4. The van der Waals surface area contributed by atoms with Crippen molar-refractivity contribution in [2.24, 2.45) is 0 Å². The van der Waals surface area contributed by atoms with Crippen LogP contribution in [0.5, 0.6) is 0 Å². The highest BCUT2D eigenvalue weighted by Gasteiger charge is 2.25. The van der Waals surface area contributed by atoms with Gasteiger partial charge >= 0.3 is 5.97 Å². The summed E-state index contributed by atoms with van der Waals surface area (Å²) in [6.45, 7) is 2.78. The standard InChI is InChI=1S/C11H19NO4S/c1-2-8(9-4-3-5-16-9)12-10(13)6-17-7-11(14)15/h8-9H,2-7H2,1H3,(H,12,13)(H,14,15). The summed E-state index contributed by atoms with van der Waals surface area (Å²) in [7, 11) is 0. The average Bonchev–Trinajstić information content (AvgIpc) is 2.78. The molecular weight excluding hydrogens is 242 g/mol. The number of hydrogen-bond donors (Lipinski definition) is 2. The number of carboxylic acids is 1. The molecule has 1 rings (SSSR count). The zero-order valence-corrected chi connectivity index (χ0v) is 10.8. The molecule has 1 heterocycles. The van der Waals surface area contributed by atoms with E-state index < -0.39 is 5.97 Å². The molecule has 1 aliphatic rings. The van der Waals surface area contributed by atoms with Gasteiger partial charge in [0.1, 0.15) is 0 Å². The molecule has 0 aromatic rings. The summed E-state index contributed by atoms with van der Waals surface area (Å²) in [5.41, 5.74) is 0. The molecule has 1 saturated heterocycles. The van der Waals surface area contributed by atoms with Crippen LogP contribution in [-0.4, -0.2) is 47.2 Å². The van der Waals surface area contributed by atoms with Crippen LogP contribution in [0.2, 0.25) is 0 Å². The van der Waals surface area contributed by atoms with Crippen LogP contribution in [0.4, 0.5) is 0 Å². The summed E-state index contributed by atoms with van der Waals surface area (Å²) in [5.74, 6) is -0.854. The van der Waals surface area contributed by atoms with Gasteiger partial charge in [-0.25, -0.2) is 0 Å². The van der Waals surface area contributed by atoms with Crippen molar-refractivity contribution < 1.29 is 19.4 Å².